The molecule has 5 aromatic rings. The normalized spacial score (nSPS) is 16.1. The summed E-state index contributed by atoms with van der Waals surface area (Å²) in [5, 5.41) is 2.08. The molecule has 3 heterocycles. The van der Waals surface area contributed by atoms with Crippen LogP contribution in [-0.4, -0.2) is 4.98 Å². The highest BCUT2D eigenvalue weighted by molar-refractivity contribution is 6.13. The van der Waals surface area contributed by atoms with Gasteiger partial charge in [0, 0.05) is 38.3 Å². The molecular weight excluding hydrogens is 380 g/mol. The van der Waals surface area contributed by atoms with Crippen LogP contribution in [0.25, 0.3) is 44.5 Å². The maximum Gasteiger partial charge on any atom is 0.227 e. The van der Waals surface area contributed by atoms with E-state index >= 15 is 0 Å². The molecule has 31 heavy (non-hydrogen) atoms. The molecule has 0 aliphatic heterocycles. The lowest BCUT2D eigenvalue weighted by Crippen LogP contribution is -2.31. The van der Waals surface area contributed by atoms with Crippen molar-refractivity contribution >= 4 is 22.1 Å². The number of furan rings is 1. The molecule has 0 atom stereocenters. The molecule has 0 saturated heterocycles. The lowest BCUT2D eigenvalue weighted by molar-refractivity contribution is -0.660. The average Bonchev–Trinajstić information content (AvgIpc) is 3.26. The van der Waals surface area contributed by atoms with Gasteiger partial charge in [-0.1, -0.05) is 50.2 Å². The van der Waals surface area contributed by atoms with Crippen LogP contribution in [0.5, 0.6) is 0 Å². The maximum absolute atomic E-state index is 7.75. The van der Waals surface area contributed by atoms with Gasteiger partial charge in [-0.3, -0.25) is 0 Å². The van der Waals surface area contributed by atoms with Gasteiger partial charge in [0.2, 0.25) is 11.4 Å². The molecule has 3 nitrogen and oxygen atoms in total. The molecule has 2 aromatic carbocycles. The molecular formula is C28H25N2O+. The first-order valence-electron chi connectivity index (χ1n) is 12.0. The zero-order valence-corrected chi connectivity index (χ0v) is 18.1. The Kier molecular flexibility index (Phi) is 2.99. The molecule has 0 amide bonds. The number of pyridine rings is 2. The standard InChI is InChI=1S/C28H25N2O/c1-16-10-13-22(30(5)15-16)23-17(2)11-12-19-24-25-20(14-29-27(24)31-26(19)23)18-8-6-7-9-21(18)28(25,3)4/h6-15H,1-5H3/q+1/i1D3. The Morgan fingerprint density at radius 3 is 2.68 bits per heavy atom. The van der Waals surface area contributed by atoms with Crippen molar-refractivity contribution in [3.05, 3.63) is 83.2 Å². The Bertz CT molecular complexity index is 1640. The smallest absolute Gasteiger partial charge is 0.227 e. The molecule has 1 aliphatic carbocycles. The monoisotopic (exact) mass is 408 g/mol. The minimum Gasteiger partial charge on any atom is -0.437 e. The van der Waals surface area contributed by atoms with Crippen LogP contribution < -0.4 is 4.57 Å². The van der Waals surface area contributed by atoms with Gasteiger partial charge in [0.05, 0.1) is 10.9 Å². The van der Waals surface area contributed by atoms with Crippen LogP contribution in [0.3, 0.4) is 0 Å². The van der Waals surface area contributed by atoms with Crippen molar-refractivity contribution in [2.45, 2.75) is 33.0 Å². The van der Waals surface area contributed by atoms with Crippen LogP contribution in [0.1, 0.15) is 40.2 Å². The van der Waals surface area contributed by atoms with Crippen molar-refractivity contribution in [1.82, 2.24) is 4.98 Å². The highest BCUT2D eigenvalue weighted by Gasteiger charge is 2.38. The van der Waals surface area contributed by atoms with Gasteiger partial charge in [0.25, 0.3) is 0 Å². The van der Waals surface area contributed by atoms with E-state index in [0.29, 0.717) is 11.3 Å². The average molecular weight is 409 g/mol. The fraction of sp³-hybridized carbons (Fsp3) is 0.214. The van der Waals surface area contributed by atoms with Gasteiger partial charge in [-0.05, 0) is 42.1 Å². The third-order valence-electron chi connectivity index (χ3n) is 6.78. The SMILES string of the molecule is [2H]C([2H])([2H])c1ccc(-c2c(C)ccc3c2oc2ncc4c(c23)C(C)(C)c2ccccc2-4)[n+](C)c1. The number of aryl methyl sites for hydroxylation is 3. The summed E-state index contributed by atoms with van der Waals surface area (Å²) in [7, 11) is 1.88. The number of fused-ring (bicyclic) bond motifs is 7. The van der Waals surface area contributed by atoms with E-state index in [1.165, 1.54) is 16.7 Å². The number of hydrogen-bond donors (Lipinski definition) is 0. The minimum atomic E-state index is -2.15. The van der Waals surface area contributed by atoms with Gasteiger partial charge >= 0.3 is 0 Å². The van der Waals surface area contributed by atoms with Crippen LogP contribution >= 0.6 is 0 Å². The molecule has 0 radical (unpaired) electrons. The van der Waals surface area contributed by atoms with E-state index in [1.807, 2.05) is 23.9 Å². The Labute approximate surface area is 186 Å². The predicted molar refractivity (Wildman–Crippen MR) is 125 cm³/mol. The molecule has 0 bridgehead atoms. The summed E-state index contributed by atoms with van der Waals surface area (Å²) in [6.45, 7) is 4.43. The topological polar surface area (TPSA) is 29.9 Å². The van der Waals surface area contributed by atoms with E-state index in [1.54, 1.807) is 12.3 Å². The molecule has 6 rings (SSSR count). The fourth-order valence-corrected chi connectivity index (χ4v) is 5.34. The van der Waals surface area contributed by atoms with E-state index in [2.05, 4.69) is 57.2 Å². The highest BCUT2D eigenvalue weighted by atomic mass is 16.3. The Morgan fingerprint density at radius 2 is 1.87 bits per heavy atom. The summed E-state index contributed by atoms with van der Waals surface area (Å²) in [4.78, 5) is 4.74. The Hall–Kier alpha value is -3.46. The van der Waals surface area contributed by atoms with Gasteiger partial charge in [-0.25, -0.2) is 9.55 Å². The van der Waals surface area contributed by atoms with Crippen molar-refractivity contribution < 1.29 is 13.1 Å². The molecule has 152 valence electrons. The molecule has 0 fully saturated rings. The minimum absolute atomic E-state index is 0.180. The Morgan fingerprint density at radius 1 is 1.03 bits per heavy atom. The van der Waals surface area contributed by atoms with E-state index < -0.39 is 6.85 Å². The lowest BCUT2D eigenvalue weighted by atomic mass is 9.81. The summed E-state index contributed by atoms with van der Waals surface area (Å²) in [5.74, 6) is 0. The largest absolute Gasteiger partial charge is 0.437 e. The fourth-order valence-electron chi connectivity index (χ4n) is 5.34. The Balaban J connectivity index is 1.67. The van der Waals surface area contributed by atoms with Crippen molar-refractivity contribution in [1.29, 1.82) is 0 Å². The van der Waals surface area contributed by atoms with Crippen LogP contribution in [0, 0.1) is 13.8 Å². The highest BCUT2D eigenvalue weighted by Crippen LogP contribution is 2.52. The predicted octanol–water partition coefficient (Wildman–Crippen LogP) is 6.40. The van der Waals surface area contributed by atoms with Crippen molar-refractivity contribution in [2.24, 2.45) is 7.05 Å². The lowest BCUT2D eigenvalue weighted by Gasteiger charge is -2.22. The maximum atomic E-state index is 7.75. The van der Waals surface area contributed by atoms with E-state index in [0.717, 1.165) is 38.7 Å². The summed E-state index contributed by atoms with van der Waals surface area (Å²) in [5.41, 5.74) is 9.38. The van der Waals surface area contributed by atoms with Gasteiger partial charge in [0.15, 0.2) is 11.8 Å². The third kappa shape index (κ3) is 2.35. The quantitative estimate of drug-likeness (QED) is 0.301. The second-order valence-corrected chi connectivity index (χ2v) is 9.05. The van der Waals surface area contributed by atoms with Gasteiger partial charge in [-0.15, -0.1) is 0 Å². The van der Waals surface area contributed by atoms with Gasteiger partial charge in [0.1, 0.15) is 7.05 Å². The summed E-state index contributed by atoms with van der Waals surface area (Å²) in [6.07, 6.45) is 3.62. The van der Waals surface area contributed by atoms with E-state index in [9.17, 15) is 0 Å². The van der Waals surface area contributed by atoms with Crippen molar-refractivity contribution in [3.8, 4) is 22.4 Å². The molecule has 0 spiro atoms. The van der Waals surface area contributed by atoms with Gasteiger partial charge < -0.3 is 4.42 Å². The zero-order valence-electron chi connectivity index (χ0n) is 21.1. The van der Waals surface area contributed by atoms with Crippen LogP contribution in [-0.2, 0) is 12.5 Å². The summed E-state index contributed by atoms with van der Waals surface area (Å²) < 4.78 is 31.6. The molecule has 0 N–H and O–H groups in total. The molecule has 0 saturated carbocycles. The number of hydrogen-bond acceptors (Lipinski definition) is 2. The first-order valence-corrected chi connectivity index (χ1v) is 10.5. The van der Waals surface area contributed by atoms with Crippen molar-refractivity contribution in [3.63, 3.8) is 0 Å². The first kappa shape index (κ1) is 15.4. The van der Waals surface area contributed by atoms with Crippen LogP contribution in [0.4, 0.5) is 0 Å². The molecule has 3 heteroatoms. The number of rotatable bonds is 1. The number of benzene rings is 2. The molecule has 3 aromatic heterocycles. The summed E-state index contributed by atoms with van der Waals surface area (Å²) in [6, 6.07) is 16.3. The van der Waals surface area contributed by atoms with Crippen molar-refractivity contribution in [2.75, 3.05) is 0 Å². The number of aromatic nitrogens is 2. The molecule has 1 aliphatic rings. The third-order valence-corrected chi connectivity index (χ3v) is 6.78. The van der Waals surface area contributed by atoms with E-state index in [-0.39, 0.29) is 5.41 Å². The number of nitrogens with zero attached hydrogens (tertiary/aromatic N) is 2. The second kappa shape index (κ2) is 6.04. The van der Waals surface area contributed by atoms with Crippen LogP contribution in [0.15, 0.2) is 65.3 Å². The second-order valence-electron chi connectivity index (χ2n) is 9.05. The van der Waals surface area contributed by atoms with Crippen LogP contribution in [0.2, 0.25) is 0 Å². The summed E-state index contributed by atoms with van der Waals surface area (Å²) >= 11 is 0. The first-order chi connectivity index (χ1) is 16.1. The van der Waals surface area contributed by atoms with Gasteiger partial charge in [-0.2, -0.15) is 0 Å². The molecule has 0 unspecified atom stereocenters. The zero-order chi connectivity index (χ0) is 24.0. The van der Waals surface area contributed by atoms with E-state index in [4.69, 9.17) is 13.5 Å².